The van der Waals surface area contributed by atoms with E-state index in [2.05, 4.69) is 0 Å². The minimum atomic E-state index is -0.681. The molecule has 1 heterocycles. The number of benzene rings is 1. The van der Waals surface area contributed by atoms with Gasteiger partial charge in [0.1, 0.15) is 0 Å². The van der Waals surface area contributed by atoms with Crippen molar-refractivity contribution in [3.05, 3.63) is 29.6 Å². The van der Waals surface area contributed by atoms with E-state index in [0.717, 1.165) is 31.0 Å². The zero-order chi connectivity index (χ0) is 14.6. The molecule has 1 aromatic rings. The number of phenols is 1. The number of halogens is 1. The number of carbonyl (C=O) groups is 1. The number of hydrogen-bond acceptors (Lipinski definition) is 2. The van der Waals surface area contributed by atoms with Gasteiger partial charge in [0.05, 0.1) is 0 Å². The van der Waals surface area contributed by atoms with Crippen molar-refractivity contribution in [1.29, 1.82) is 0 Å². The minimum Gasteiger partial charge on any atom is -0.505 e. The number of amides is 1. The summed E-state index contributed by atoms with van der Waals surface area (Å²) >= 11 is 0. The first kappa shape index (κ1) is 13.1. The first-order valence-corrected chi connectivity index (χ1v) is 7.91. The number of carbonyl (C=O) groups excluding carboxylic acids is 1. The fourth-order valence-corrected chi connectivity index (χ4v) is 4.85. The highest BCUT2D eigenvalue weighted by molar-refractivity contribution is 5.94. The third-order valence-electron chi connectivity index (χ3n) is 5.92. The lowest BCUT2D eigenvalue weighted by Crippen LogP contribution is -2.38. The second-order valence-electron chi connectivity index (χ2n) is 6.88. The Balaban J connectivity index is 1.55. The smallest absolute Gasteiger partial charge is 0.254 e. The van der Waals surface area contributed by atoms with Crippen molar-refractivity contribution in [2.24, 2.45) is 23.7 Å². The van der Waals surface area contributed by atoms with Crippen LogP contribution in [0.3, 0.4) is 0 Å². The first-order valence-electron chi connectivity index (χ1n) is 7.91. The van der Waals surface area contributed by atoms with Crippen LogP contribution in [0.1, 0.15) is 36.0 Å². The topological polar surface area (TPSA) is 40.5 Å². The van der Waals surface area contributed by atoms with Gasteiger partial charge >= 0.3 is 0 Å². The zero-order valence-electron chi connectivity index (χ0n) is 12.0. The lowest BCUT2D eigenvalue weighted by atomic mass is 9.60. The Bertz CT molecular complexity index is 560. The van der Waals surface area contributed by atoms with Gasteiger partial charge in [-0.2, -0.15) is 0 Å². The van der Waals surface area contributed by atoms with Crippen LogP contribution >= 0.6 is 0 Å². The molecule has 5 rings (SSSR count). The number of hydrogen-bond donors (Lipinski definition) is 1. The summed E-state index contributed by atoms with van der Waals surface area (Å²) in [5.41, 5.74) is 0.389. The van der Waals surface area contributed by atoms with Crippen molar-refractivity contribution in [2.45, 2.75) is 25.7 Å². The van der Waals surface area contributed by atoms with Gasteiger partial charge in [-0.25, -0.2) is 4.39 Å². The highest BCUT2D eigenvalue weighted by Crippen LogP contribution is 2.51. The molecule has 2 bridgehead atoms. The van der Waals surface area contributed by atoms with Crippen molar-refractivity contribution in [3.63, 3.8) is 0 Å². The van der Waals surface area contributed by atoms with Gasteiger partial charge in [0, 0.05) is 18.7 Å². The molecular formula is C17H20FNO2. The maximum absolute atomic E-state index is 13.1. The third kappa shape index (κ3) is 2.03. The van der Waals surface area contributed by atoms with Crippen molar-refractivity contribution in [1.82, 2.24) is 4.90 Å². The molecule has 1 amide bonds. The molecule has 0 aromatic heterocycles. The van der Waals surface area contributed by atoms with Gasteiger partial charge in [-0.1, -0.05) is 0 Å². The molecule has 1 saturated heterocycles. The average molecular weight is 289 g/mol. The quantitative estimate of drug-likeness (QED) is 0.863. The predicted octanol–water partition coefficient (Wildman–Crippen LogP) is 3.04. The van der Waals surface area contributed by atoms with E-state index >= 15 is 0 Å². The van der Waals surface area contributed by atoms with Crippen LogP contribution in [0.15, 0.2) is 18.2 Å². The molecule has 4 aliphatic rings. The fraction of sp³-hybridized carbons (Fsp3) is 0.588. The van der Waals surface area contributed by atoms with Crippen LogP contribution in [-0.2, 0) is 0 Å². The standard InChI is InChI=1S/C17H20FNO2/c18-15-6-5-12(7-16(15)20)17(21)19-8-13-10-1-2-11(4-3-10)14(13)9-19/h5-7,10-11,13-14,20H,1-4,8-9H2/t10?,11?,13-,14+. The molecular weight excluding hydrogens is 269 g/mol. The first-order chi connectivity index (χ1) is 10.1. The van der Waals surface area contributed by atoms with E-state index in [1.165, 1.54) is 37.8 Å². The number of nitrogens with zero attached hydrogens (tertiary/aromatic N) is 1. The Hall–Kier alpha value is -1.58. The normalized spacial score (nSPS) is 34.0. The second kappa shape index (κ2) is 4.72. The van der Waals surface area contributed by atoms with Crippen LogP contribution < -0.4 is 0 Å². The number of rotatable bonds is 1. The Morgan fingerprint density at radius 2 is 1.67 bits per heavy atom. The number of fused-ring (bicyclic) bond motifs is 2. The van der Waals surface area contributed by atoms with Crippen molar-refractivity contribution in [3.8, 4) is 5.75 Å². The van der Waals surface area contributed by atoms with E-state index < -0.39 is 11.6 Å². The SMILES string of the molecule is O=C(c1ccc(F)c(O)c1)N1C[C@@H]2C3CCC(CC3)[C@@H]2C1. The predicted molar refractivity (Wildman–Crippen MR) is 76.4 cm³/mol. The van der Waals surface area contributed by atoms with Gasteiger partial charge < -0.3 is 10.0 Å². The Labute approximate surface area is 123 Å². The van der Waals surface area contributed by atoms with Crippen LogP contribution in [-0.4, -0.2) is 29.0 Å². The molecule has 4 heteroatoms. The maximum Gasteiger partial charge on any atom is 0.254 e. The average Bonchev–Trinajstić information content (AvgIpc) is 2.97. The summed E-state index contributed by atoms with van der Waals surface area (Å²) in [6.07, 6.45) is 5.30. The molecule has 2 atom stereocenters. The van der Waals surface area contributed by atoms with Crippen LogP contribution in [0, 0.1) is 29.5 Å². The molecule has 3 nitrogen and oxygen atoms in total. The highest BCUT2D eigenvalue weighted by Gasteiger charge is 2.49. The minimum absolute atomic E-state index is 0.0703. The molecule has 4 fully saturated rings. The summed E-state index contributed by atoms with van der Waals surface area (Å²) < 4.78 is 13.1. The number of phenolic OH excluding ortho intramolecular Hbond substituents is 1. The van der Waals surface area contributed by atoms with E-state index in [0.29, 0.717) is 17.4 Å². The summed E-state index contributed by atoms with van der Waals surface area (Å²) in [6.45, 7) is 1.67. The Kier molecular flexibility index (Phi) is 2.95. The van der Waals surface area contributed by atoms with Gasteiger partial charge in [0.15, 0.2) is 11.6 Å². The monoisotopic (exact) mass is 289 g/mol. The zero-order valence-corrected chi connectivity index (χ0v) is 12.0. The second-order valence-corrected chi connectivity index (χ2v) is 6.88. The van der Waals surface area contributed by atoms with Crippen LogP contribution in [0.5, 0.6) is 5.75 Å². The molecule has 1 N–H and O–H groups in total. The van der Waals surface area contributed by atoms with Gasteiger partial charge in [-0.15, -0.1) is 0 Å². The molecule has 3 aliphatic carbocycles. The van der Waals surface area contributed by atoms with E-state index in [4.69, 9.17) is 0 Å². The van der Waals surface area contributed by atoms with Crippen LogP contribution in [0.4, 0.5) is 4.39 Å². The third-order valence-corrected chi connectivity index (χ3v) is 5.92. The Morgan fingerprint density at radius 3 is 2.19 bits per heavy atom. The lowest BCUT2D eigenvalue weighted by Gasteiger charge is -2.44. The Morgan fingerprint density at radius 1 is 1.10 bits per heavy atom. The summed E-state index contributed by atoms with van der Waals surface area (Å²) in [5.74, 6) is 1.71. The van der Waals surface area contributed by atoms with Crippen LogP contribution in [0.25, 0.3) is 0 Å². The van der Waals surface area contributed by atoms with Crippen molar-refractivity contribution < 1.29 is 14.3 Å². The molecule has 112 valence electrons. The van der Waals surface area contributed by atoms with Crippen LogP contribution in [0.2, 0.25) is 0 Å². The molecule has 1 aliphatic heterocycles. The van der Waals surface area contributed by atoms with E-state index in [-0.39, 0.29) is 5.91 Å². The van der Waals surface area contributed by atoms with Crippen molar-refractivity contribution >= 4 is 5.91 Å². The lowest BCUT2D eigenvalue weighted by molar-refractivity contribution is 0.0577. The maximum atomic E-state index is 13.1. The van der Waals surface area contributed by atoms with E-state index in [9.17, 15) is 14.3 Å². The number of likely N-dealkylation sites (tertiary alicyclic amines) is 1. The summed E-state index contributed by atoms with van der Waals surface area (Å²) in [4.78, 5) is 14.5. The van der Waals surface area contributed by atoms with Crippen molar-refractivity contribution in [2.75, 3.05) is 13.1 Å². The van der Waals surface area contributed by atoms with Gasteiger partial charge in [-0.3, -0.25) is 4.79 Å². The van der Waals surface area contributed by atoms with Gasteiger partial charge in [-0.05, 0) is 67.6 Å². The molecule has 0 radical (unpaired) electrons. The number of aromatic hydroxyl groups is 1. The van der Waals surface area contributed by atoms with Gasteiger partial charge in [0.25, 0.3) is 5.91 Å². The molecule has 21 heavy (non-hydrogen) atoms. The highest BCUT2D eigenvalue weighted by atomic mass is 19.1. The largest absolute Gasteiger partial charge is 0.505 e. The summed E-state index contributed by atoms with van der Waals surface area (Å²) in [7, 11) is 0. The van der Waals surface area contributed by atoms with E-state index in [1.807, 2.05) is 4.90 Å². The molecule has 1 aromatic carbocycles. The molecule has 0 unspecified atom stereocenters. The summed E-state index contributed by atoms with van der Waals surface area (Å²) in [6, 6.07) is 3.87. The van der Waals surface area contributed by atoms with Gasteiger partial charge in [0.2, 0.25) is 0 Å². The summed E-state index contributed by atoms with van der Waals surface area (Å²) in [5, 5.41) is 9.45. The molecule has 3 saturated carbocycles. The van der Waals surface area contributed by atoms with E-state index in [1.54, 1.807) is 0 Å². The fourth-order valence-electron chi connectivity index (χ4n) is 4.85. The molecule has 0 spiro atoms.